The summed E-state index contributed by atoms with van der Waals surface area (Å²) in [5.74, 6) is 0. The minimum Gasteiger partial charge on any atom is -0.353 e. The maximum absolute atomic E-state index is 5.85. The van der Waals surface area contributed by atoms with Gasteiger partial charge in [0.15, 0.2) is 4.34 Å². The van der Waals surface area contributed by atoms with E-state index in [1.807, 2.05) is 19.0 Å². The van der Waals surface area contributed by atoms with Crippen molar-refractivity contribution in [3.63, 3.8) is 0 Å². The van der Waals surface area contributed by atoms with E-state index in [0.29, 0.717) is 6.54 Å². The smallest absolute Gasteiger partial charge is 0.208 e. The van der Waals surface area contributed by atoms with Crippen LogP contribution in [-0.4, -0.2) is 30.8 Å². The van der Waals surface area contributed by atoms with Crippen LogP contribution < -0.4 is 10.6 Å². The second-order valence-electron chi connectivity index (χ2n) is 3.75. The molecule has 1 unspecified atom stereocenters. The average Bonchev–Trinajstić information content (AvgIpc) is 2.94. The van der Waals surface area contributed by atoms with Crippen molar-refractivity contribution < 1.29 is 0 Å². The van der Waals surface area contributed by atoms with E-state index in [4.69, 9.17) is 5.73 Å². The highest BCUT2D eigenvalue weighted by atomic mass is 79.9. The van der Waals surface area contributed by atoms with E-state index >= 15 is 0 Å². The van der Waals surface area contributed by atoms with Gasteiger partial charge in [-0.15, -0.1) is 21.5 Å². The van der Waals surface area contributed by atoms with E-state index < -0.39 is 0 Å². The molecule has 98 valence electrons. The first kappa shape index (κ1) is 14.3. The number of anilines is 1. The largest absolute Gasteiger partial charge is 0.353 e. The fourth-order valence-corrected chi connectivity index (χ4v) is 4.90. The molecule has 0 bridgehead atoms. The van der Waals surface area contributed by atoms with Crippen LogP contribution in [-0.2, 0) is 0 Å². The van der Waals surface area contributed by atoms with Gasteiger partial charge in [0.2, 0.25) is 5.13 Å². The molecule has 0 radical (unpaired) electrons. The van der Waals surface area contributed by atoms with Gasteiger partial charge in [0, 0.05) is 35.4 Å². The Morgan fingerprint density at radius 1 is 1.50 bits per heavy atom. The van der Waals surface area contributed by atoms with Gasteiger partial charge in [0.05, 0.1) is 5.25 Å². The van der Waals surface area contributed by atoms with Gasteiger partial charge >= 0.3 is 0 Å². The van der Waals surface area contributed by atoms with E-state index in [1.54, 1.807) is 34.4 Å². The number of rotatable bonds is 5. The lowest BCUT2D eigenvalue weighted by molar-refractivity contribution is 0.940. The van der Waals surface area contributed by atoms with Gasteiger partial charge in [-0.05, 0) is 22.0 Å². The zero-order valence-corrected chi connectivity index (χ0v) is 14.0. The van der Waals surface area contributed by atoms with Crippen LogP contribution in [0.4, 0.5) is 5.13 Å². The summed E-state index contributed by atoms with van der Waals surface area (Å²) in [4.78, 5) is 3.22. The Labute approximate surface area is 127 Å². The quantitative estimate of drug-likeness (QED) is 0.825. The van der Waals surface area contributed by atoms with Crippen molar-refractivity contribution in [2.45, 2.75) is 9.59 Å². The molecule has 0 aromatic carbocycles. The van der Waals surface area contributed by atoms with Gasteiger partial charge in [0.1, 0.15) is 0 Å². The van der Waals surface area contributed by atoms with Gasteiger partial charge in [-0.25, -0.2) is 0 Å². The number of halogens is 1. The van der Waals surface area contributed by atoms with Crippen molar-refractivity contribution in [2.75, 3.05) is 25.5 Å². The molecule has 0 aliphatic rings. The Hall–Kier alpha value is -0.150. The van der Waals surface area contributed by atoms with Crippen LogP contribution in [0, 0.1) is 0 Å². The lowest BCUT2D eigenvalue weighted by Gasteiger charge is -2.09. The number of nitrogens with two attached hydrogens (primary N) is 1. The molecular formula is C10H13BrN4S3. The molecule has 2 N–H and O–H groups in total. The molecular weight excluding hydrogens is 352 g/mol. The van der Waals surface area contributed by atoms with E-state index in [0.717, 1.165) is 13.9 Å². The van der Waals surface area contributed by atoms with Crippen LogP contribution in [0.3, 0.4) is 0 Å². The molecule has 0 aliphatic heterocycles. The molecule has 0 aliphatic carbocycles. The summed E-state index contributed by atoms with van der Waals surface area (Å²) in [6.07, 6.45) is 0. The van der Waals surface area contributed by atoms with Crippen molar-refractivity contribution in [1.29, 1.82) is 0 Å². The summed E-state index contributed by atoms with van der Waals surface area (Å²) in [6, 6.07) is 2.11. The third-order valence-corrected chi connectivity index (χ3v) is 6.54. The van der Waals surface area contributed by atoms with E-state index in [1.165, 1.54) is 4.88 Å². The van der Waals surface area contributed by atoms with Gasteiger partial charge < -0.3 is 10.6 Å². The fraction of sp³-hybridized carbons (Fsp3) is 0.400. The van der Waals surface area contributed by atoms with Crippen LogP contribution >= 0.6 is 50.4 Å². The van der Waals surface area contributed by atoms with Crippen LogP contribution in [0.1, 0.15) is 10.1 Å². The Morgan fingerprint density at radius 2 is 2.28 bits per heavy atom. The zero-order valence-electron chi connectivity index (χ0n) is 9.96. The standard InChI is InChI=1S/C10H13BrN4S3/c1-15(2)9-13-14-10(18-9)17-8(4-12)7-3-6(11)5-16-7/h3,5,8H,4,12H2,1-2H3. The maximum atomic E-state index is 5.85. The minimum atomic E-state index is 0.240. The van der Waals surface area contributed by atoms with E-state index in [-0.39, 0.29) is 5.25 Å². The number of hydrogen-bond donors (Lipinski definition) is 1. The molecule has 2 aromatic heterocycles. The van der Waals surface area contributed by atoms with Crippen LogP contribution in [0.25, 0.3) is 0 Å². The first-order chi connectivity index (χ1) is 8.60. The minimum absolute atomic E-state index is 0.240. The Bertz CT molecular complexity index is 511. The van der Waals surface area contributed by atoms with Crippen molar-refractivity contribution in [1.82, 2.24) is 10.2 Å². The molecule has 8 heteroatoms. The SMILES string of the molecule is CN(C)c1nnc(SC(CN)c2cc(Br)cs2)s1. The Morgan fingerprint density at radius 3 is 2.78 bits per heavy atom. The summed E-state index contributed by atoms with van der Waals surface area (Å²) >= 11 is 8.45. The highest BCUT2D eigenvalue weighted by Crippen LogP contribution is 2.40. The first-order valence-corrected chi connectivity index (χ1v) is 8.58. The van der Waals surface area contributed by atoms with Gasteiger partial charge in [0.25, 0.3) is 0 Å². The van der Waals surface area contributed by atoms with E-state index in [2.05, 4.69) is 37.6 Å². The second-order valence-corrected chi connectivity index (χ2v) is 8.02. The van der Waals surface area contributed by atoms with Crippen molar-refractivity contribution in [3.8, 4) is 0 Å². The average molecular weight is 365 g/mol. The zero-order chi connectivity index (χ0) is 13.1. The summed E-state index contributed by atoms with van der Waals surface area (Å²) in [7, 11) is 3.93. The number of aromatic nitrogens is 2. The molecule has 0 saturated heterocycles. The molecule has 2 aromatic rings. The van der Waals surface area contributed by atoms with Crippen molar-refractivity contribution >= 4 is 55.5 Å². The number of hydrogen-bond acceptors (Lipinski definition) is 7. The van der Waals surface area contributed by atoms with Crippen LogP contribution in [0.15, 0.2) is 20.3 Å². The van der Waals surface area contributed by atoms with Crippen LogP contribution in [0.5, 0.6) is 0 Å². The number of thiophene rings is 1. The monoisotopic (exact) mass is 364 g/mol. The molecule has 2 heterocycles. The first-order valence-electron chi connectivity index (χ1n) is 5.21. The second kappa shape index (κ2) is 6.33. The number of nitrogens with zero attached hydrogens (tertiary/aromatic N) is 3. The summed E-state index contributed by atoms with van der Waals surface area (Å²) < 4.78 is 2.06. The lowest BCUT2D eigenvalue weighted by atomic mass is 10.3. The normalized spacial score (nSPS) is 12.7. The highest BCUT2D eigenvalue weighted by Gasteiger charge is 2.17. The molecule has 0 saturated carbocycles. The molecule has 4 nitrogen and oxygen atoms in total. The van der Waals surface area contributed by atoms with Gasteiger partial charge in [-0.2, -0.15) is 0 Å². The lowest BCUT2D eigenvalue weighted by Crippen LogP contribution is -2.07. The summed E-state index contributed by atoms with van der Waals surface area (Å²) in [5.41, 5.74) is 5.85. The number of thioether (sulfide) groups is 1. The predicted molar refractivity (Wildman–Crippen MR) is 83.9 cm³/mol. The maximum Gasteiger partial charge on any atom is 0.208 e. The Kier molecular flexibility index (Phi) is 5.02. The predicted octanol–water partition coefficient (Wildman–Crippen LogP) is 3.22. The van der Waals surface area contributed by atoms with Gasteiger partial charge in [-0.1, -0.05) is 23.1 Å². The third kappa shape index (κ3) is 3.45. The molecule has 0 spiro atoms. The molecule has 0 amide bonds. The fourth-order valence-electron chi connectivity index (χ4n) is 1.27. The van der Waals surface area contributed by atoms with Crippen LogP contribution in [0.2, 0.25) is 0 Å². The third-order valence-electron chi connectivity index (χ3n) is 2.14. The molecule has 1 atom stereocenters. The highest BCUT2D eigenvalue weighted by molar-refractivity contribution is 9.10. The van der Waals surface area contributed by atoms with Gasteiger partial charge in [-0.3, -0.25) is 0 Å². The summed E-state index contributed by atoms with van der Waals surface area (Å²) in [6.45, 7) is 0.592. The van der Waals surface area contributed by atoms with Crippen molar-refractivity contribution in [2.24, 2.45) is 5.73 Å². The Balaban J connectivity index is 2.10. The molecule has 2 rings (SSSR count). The molecule has 0 fully saturated rings. The van der Waals surface area contributed by atoms with E-state index in [9.17, 15) is 0 Å². The summed E-state index contributed by atoms with van der Waals surface area (Å²) in [5, 5.41) is 11.5. The topological polar surface area (TPSA) is 55.0 Å². The molecule has 18 heavy (non-hydrogen) atoms. The van der Waals surface area contributed by atoms with Crippen molar-refractivity contribution in [3.05, 3.63) is 20.8 Å².